The van der Waals surface area contributed by atoms with E-state index in [4.69, 9.17) is 23.2 Å². The summed E-state index contributed by atoms with van der Waals surface area (Å²) in [7, 11) is -4.18. The summed E-state index contributed by atoms with van der Waals surface area (Å²) in [6.07, 6.45) is 0.353. The standard InChI is InChI=1S/C27H29Cl2N3O4S/c1-3-25(27(34)30-4-2)31(18-20-9-6-5-7-10-20)26(33)19-32(23-12-8-11-22(29)17-23)37(35,36)24-15-13-21(28)14-16-24/h5-17,25H,3-4,18-19H2,1-2H3,(H,30,34). The SMILES string of the molecule is CCNC(=O)C(CC)N(Cc1ccccc1)C(=O)CN(c1cccc(Cl)c1)S(=O)(=O)c1ccc(Cl)cc1. The van der Waals surface area contributed by atoms with Crippen LogP contribution in [0.2, 0.25) is 10.0 Å². The quantitative estimate of drug-likeness (QED) is 0.351. The first-order valence-electron chi connectivity index (χ1n) is 11.8. The molecule has 0 bridgehead atoms. The van der Waals surface area contributed by atoms with E-state index >= 15 is 0 Å². The second-order valence-electron chi connectivity index (χ2n) is 8.27. The van der Waals surface area contributed by atoms with Crippen molar-refractivity contribution in [2.45, 2.75) is 37.8 Å². The Labute approximate surface area is 228 Å². The van der Waals surface area contributed by atoms with Crippen molar-refractivity contribution in [1.29, 1.82) is 0 Å². The maximum absolute atomic E-state index is 13.8. The molecule has 3 aromatic carbocycles. The molecule has 3 aromatic rings. The number of carbonyl (C=O) groups is 2. The van der Waals surface area contributed by atoms with Gasteiger partial charge in [0.2, 0.25) is 11.8 Å². The Morgan fingerprint density at radius 3 is 2.16 bits per heavy atom. The highest BCUT2D eigenvalue weighted by Crippen LogP contribution is 2.27. The molecule has 0 saturated carbocycles. The molecule has 0 fully saturated rings. The van der Waals surface area contributed by atoms with Crippen LogP contribution < -0.4 is 9.62 Å². The van der Waals surface area contributed by atoms with Gasteiger partial charge in [-0.15, -0.1) is 0 Å². The van der Waals surface area contributed by atoms with Gasteiger partial charge in [0.15, 0.2) is 0 Å². The summed E-state index contributed by atoms with van der Waals surface area (Å²) < 4.78 is 28.5. The van der Waals surface area contributed by atoms with E-state index in [1.807, 2.05) is 37.3 Å². The largest absolute Gasteiger partial charge is 0.355 e. The third kappa shape index (κ3) is 7.25. The van der Waals surface area contributed by atoms with E-state index in [1.165, 1.54) is 35.2 Å². The minimum Gasteiger partial charge on any atom is -0.355 e. The molecule has 0 spiro atoms. The molecule has 0 radical (unpaired) electrons. The fourth-order valence-corrected chi connectivity index (χ4v) is 5.60. The van der Waals surface area contributed by atoms with Crippen molar-refractivity contribution >= 4 is 50.7 Å². The lowest BCUT2D eigenvalue weighted by atomic mass is 10.1. The maximum Gasteiger partial charge on any atom is 0.264 e. The predicted molar refractivity (Wildman–Crippen MR) is 147 cm³/mol. The molecule has 196 valence electrons. The molecule has 0 saturated heterocycles. The van der Waals surface area contributed by atoms with Gasteiger partial charge in [0, 0.05) is 23.1 Å². The van der Waals surface area contributed by atoms with Gasteiger partial charge in [0.05, 0.1) is 10.6 Å². The van der Waals surface area contributed by atoms with E-state index in [1.54, 1.807) is 25.1 Å². The summed E-state index contributed by atoms with van der Waals surface area (Å²) in [5, 5.41) is 3.47. The lowest BCUT2D eigenvalue weighted by Crippen LogP contribution is -2.52. The molecule has 7 nitrogen and oxygen atoms in total. The summed E-state index contributed by atoms with van der Waals surface area (Å²) in [6.45, 7) is 3.62. The first-order chi connectivity index (χ1) is 17.7. The molecular weight excluding hydrogens is 533 g/mol. The fraction of sp³-hybridized carbons (Fsp3) is 0.259. The van der Waals surface area contributed by atoms with E-state index in [-0.39, 0.29) is 23.0 Å². The van der Waals surface area contributed by atoms with Crippen LogP contribution in [0.1, 0.15) is 25.8 Å². The highest BCUT2D eigenvalue weighted by atomic mass is 35.5. The van der Waals surface area contributed by atoms with E-state index in [9.17, 15) is 18.0 Å². The average Bonchev–Trinajstić information content (AvgIpc) is 2.88. The molecule has 0 aromatic heterocycles. The number of sulfonamides is 1. The zero-order chi connectivity index (χ0) is 27.0. The summed E-state index contributed by atoms with van der Waals surface area (Å²) in [4.78, 5) is 28.1. The van der Waals surface area contributed by atoms with Crippen molar-refractivity contribution in [3.05, 3.63) is 94.5 Å². The third-order valence-corrected chi connectivity index (χ3v) is 7.98. The summed E-state index contributed by atoms with van der Waals surface area (Å²) in [5.74, 6) is -0.830. The van der Waals surface area contributed by atoms with Gasteiger partial charge in [-0.3, -0.25) is 13.9 Å². The van der Waals surface area contributed by atoms with Crippen molar-refractivity contribution in [3.63, 3.8) is 0 Å². The number of nitrogens with zero attached hydrogens (tertiary/aromatic N) is 2. The topological polar surface area (TPSA) is 86.8 Å². The number of hydrogen-bond acceptors (Lipinski definition) is 4. The van der Waals surface area contributed by atoms with Gasteiger partial charge in [0.1, 0.15) is 12.6 Å². The zero-order valence-corrected chi connectivity index (χ0v) is 22.9. The number of nitrogens with one attached hydrogen (secondary N) is 1. The molecule has 0 aliphatic heterocycles. The maximum atomic E-state index is 13.8. The third-order valence-electron chi connectivity index (χ3n) is 5.71. The lowest BCUT2D eigenvalue weighted by molar-refractivity contribution is -0.140. The van der Waals surface area contributed by atoms with Gasteiger partial charge in [-0.1, -0.05) is 66.5 Å². The number of benzene rings is 3. The molecule has 10 heteroatoms. The van der Waals surface area contributed by atoms with Crippen LogP contribution in [0.4, 0.5) is 5.69 Å². The minimum atomic E-state index is -4.18. The highest BCUT2D eigenvalue weighted by molar-refractivity contribution is 7.92. The van der Waals surface area contributed by atoms with Gasteiger partial charge >= 0.3 is 0 Å². The van der Waals surface area contributed by atoms with Crippen molar-refractivity contribution in [2.75, 3.05) is 17.4 Å². The van der Waals surface area contributed by atoms with Crippen molar-refractivity contribution in [2.24, 2.45) is 0 Å². The molecule has 0 aliphatic carbocycles. The molecule has 0 heterocycles. The Balaban J connectivity index is 2.05. The molecule has 1 unspecified atom stereocenters. The smallest absolute Gasteiger partial charge is 0.264 e. The second kappa shape index (κ2) is 12.9. The van der Waals surface area contributed by atoms with Gasteiger partial charge < -0.3 is 10.2 Å². The summed E-state index contributed by atoms with van der Waals surface area (Å²) >= 11 is 12.1. The molecule has 1 N–H and O–H groups in total. The molecule has 2 amide bonds. The van der Waals surface area contributed by atoms with Crippen LogP contribution >= 0.6 is 23.2 Å². The van der Waals surface area contributed by atoms with E-state index in [0.29, 0.717) is 23.0 Å². The highest BCUT2D eigenvalue weighted by Gasteiger charge is 2.33. The van der Waals surface area contributed by atoms with Crippen LogP contribution in [-0.4, -0.2) is 44.3 Å². The monoisotopic (exact) mass is 561 g/mol. The molecule has 37 heavy (non-hydrogen) atoms. The number of carbonyl (C=O) groups excluding carboxylic acids is 2. The summed E-state index contributed by atoms with van der Waals surface area (Å²) in [5.41, 5.74) is 1.04. The number of anilines is 1. The second-order valence-corrected chi connectivity index (χ2v) is 11.0. The minimum absolute atomic E-state index is 0.0324. The van der Waals surface area contributed by atoms with Gasteiger partial charge in [0.25, 0.3) is 10.0 Å². The Hall–Kier alpha value is -3.07. The fourth-order valence-electron chi connectivity index (χ4n) is 3.89. The van der Waals surface area contributed by atoms with E-state index in [2.05, 4.69) is 5.32 Å². The normalized spacial score (nSPS) is 12.0. The van der Waals surface area contributed by atoms with E-state index < -0.39 is 28.5 Å². The lowest BCUT2D eigenvalue weighted by Gasteiger charge is -2.33. The molecule has 3 rings (SSSR count). The van der Waals surface area contributed by atoms with Crippen LogP contribution in [0.25, 0.3) is 0 Å². The van der Waals surface area contributed by atoms with Crippen LogP contribution in [0, 0.1) is 0 Å². The van der Waals surface area contributed by atoms with Crippen molar-refractivity contribution in [1.82, 2.24) is 10.2 Å². The molecule has 1 atom stereocenters. The Kier molecular flexibility index (Phi) is 9.97. The number of rotatable bonds is 11. The average molecular weight is 563 g/mol. The Morgan fingerprint density at radius 1 is 0.892 bits per heavy atom. The van der Waals surface area contributed by atoms with Gasteiger partial charge in [-0.05, 0) is 61.4 Å². The van der Waals surface area contributed by atoms with Crippen molar-refractivity contribution in [3.8, 4) is 0 Å². The van der Waals surface area contributed by atoms with Crippen LogP contribution in [0.5, 0.6) is 0 Å². The first kappa shape index (κ1) is 28.5. The molecular formula is C27H29Cl2N3O4S. The van der Waals surface area contributed by atoms with Crippen molar-refractivity contribution < 1.29 is 18.0 Å². The van der Waals surface area contributed by atoms with Crippen LogP contribution in [0.3, 0.4) is 0 Å². The first-order valence-corrected chi connectivity index (χ1v) is 14.0. The van der Waals surface area contributed by atoms with Gasteiger partial charge in [-0.2, -0.15) is 0 Å². The molecule has 0 aliphatic rings. The van der Waals surface area contributed by atoms with Gasteiger partial charge in [-0.25, -0.2) is 8.42 Å². The Morgan fingerprint density at radius 2 is 1.57 bits per heavy atom. The Bertz CT molecular complexity index is 1320. The number of halogens is 2. The zero-order valence-electron chi connectivity index (χ0n) is 20.6. The van der Waals surface area contributed by atoms with Crippen LogP contribution in [-0.2, 0) is 26.2 Å². The number of hydrogen-bond donors (Lipinski definition) is 1. The summed E-state index contributed by atoms with van der Waals surface area (Å²) in [6, 6.07) is 20.4. The number of likely N-dealkylation sites (N-methyl/N-ethyl adjacent to an activating group) is 1. The predicted octanol–water partition coefficient (Wildman–Crippen LogP) is 5.13. The van der Waals surface area contributed by atoms with E-state index in [0.717, 1.165) is 9.87 Å². The van der Waals surface area contributed by atoms with Crippen LogP contribution in [0.15, 0.2) is 83.8 Å². The number of amides is 2.